The monoisotopic (exact) mass is 411 g/mol. The third-order valence-electron chi connectivity index (χ3n) is 5.33. The summed E-state index contributed by atoms with van der Waals surface area (Å²) >= 11 is 1.59. The van der Waals surface area contributed by atoms with E-state index in [-0.39, 0.29) is 24.1 Å². The molecule has 1 atom stereocenters. The lowest BCUT2D eigenvalue weighted by Crippen LogP contribution is -2.52. The molecule has 0 radical (unpaired) electrons. The molecule has 1 aromatic carbocycles. The second-order valence-electron chi connectivity index (χ2n) is 7.40. The molecule has 150 valence electrons. The van der Waals surface area contributed by atoms with Gasteiger partial charge in [0.15, 0.2) is 0 Å². The molecule has 4 amide bonds. The quantitative estimate of drug-likeness (QED) is 0.753. The number of nitrogens with zero attached hydrogens (tertiary/aromatic N) is 1. The molecule has 1 aromatic heterocycles. The summed E-state index contributed by atoms with van der Waals surface area (Å²) in [4.78, 5) is 52.3. The van der Waals surface area contributed by atoms with Crippen LogP contribution in [0, 0.1) is 13.8 Å². The summed E-state index contributed by atoms with van der Waals surface area (Å²) in [6.45, 7) is 4.55. The molecule has 0 spiro atoms. The van der Waals surface area contributed by atoms with Gasteiger partial charge in [-0.1, -0.05) is 12.1 Å². The smallest absolute Gasteiger partial charge is 0.255 e. The van der Waals surface area contributed by atoms with Crippen molar-refractivity contribution >= 4 is 35.0 Å². The van der Waals surface area contributed by atoms with Gasteiger partial charge in [0.25, 0.3) is 11.8 Å². The average Bonchev–Trinajstić information content (AvgIpc) is 3.18. The Hall–Kier alpha value is -3.00. The van der Waals surface area contributed by atoms with Gasteiger partial charge in [-0.05, 0) is 43.5 Å². The predicted octanol–water partition coefficient (Wildman–Crippen LogP) is 2.06. The molecule has 2 aliphatic heterocycles. The largest absolute Gasteiger partial charge is 0.348 e. The Morgan fingerprint density at radius 1 is 1.24 bits per heavy atom. The number of imide groups is 1. The van der Waals surface area contributed by atoms with Crippen LogP contribution in [0.5, 0.6) is 0 Å². The molecule has 0 saturated carbocycles. The molecule has 3 heterocycles. The molecule has 1 fully saturated rings. The van der Waals surface area contributed by atoms with Gasteiger partial charge in [-0.3, -0.25) is 24.5 Å². The Balaban J connectivity index is 1.45. The number of piperidine rings is 1. The lowest BCUT2D eigenvalue weighted by molar-refractivity contribution is -0.136. The average molecular weight is 411 g/mol. The van der Waals surface area contributed by atoms with Crippen LogP contribution in [0.2, 0.25) is 0 Å². The fourth-order valence-corrected chi connectivity index (χ4v) is 4.77. The Bertz CT molecular complexity index is 1040. The van der Waals surface area contributed by atoms with Crippen LogP contribution in [0.25, 0.3) is 0 Å². The van der Waals surface area contributed by atoms with E-state index in [4.69, 9.17) is 0 Å². The third-order valence-corrected chi connectivity index (χ3v) is 6.30. The van der Waals surface area contributed by atoms with E-state index in [1.807, 2.05) is 32.0 Å². The number of benzene rings is 1. The van der Waals surface area contributed by atoms with Gasteiger partial charge in [-0.25, -0.2) is 0 Å². The van der Waals surface area contributed by atoms with Crippen molar-refractivity contribution in [3.63, 3.8) is 0 Å². The number of nitrogens with one attached hydrogen (secondary N) is 2. The zero-order valence-electron chi connectivity index (χ0n) is 16.2. The number of fused-ring (bicyclic) bond motifs is 1. The van der Waals surface area contributed by atoms with Crippen molar-refractivity contribution < 1.29 is 19.2 Å². The van der Waals surface area contributed by atoms with E-state index in [0.717, 1.165) is 20.9 Å². The Morgan fingerprint density at radius 3 is 2.72 bits per heavy atom. The van der Waals surface area contributed by atoms with Crippen molar-refractivity contribution in [1.82, 2.24) is 15.5 Å². The van der Waals surface area contributed by atoms with Crippen molar-refractivity contribution in [1.29, 1.82) is 0 Å². The van der Waals surface area contributed by atoms with Crippen LogP contribution in [0.1, 0.15) is 54.4 Å². The number of thiophene rings is 1. The normalized spacial score (nSPS) is 18.6. The fourth-order valence-electron chi connectivity index (χ4n) is 3.85. The maximum absolute atomic E-state index is 12.9. The van der Waals surface area contributed by atoms with E-state index in [1.54, 1.807) is 17.4 Å². The molecule has 0 aliphatic carbocycles. The first-order chi connectivity index (χ1) is 13.8. The van der Waals surface area contributed by atoms with E-state index in [9.17, 15) is 19.2 Å². The van der Waals surface area contributed by atoms with E-state index in [2.05, 4.69) is 10.6 Å². The summed E-state index contributed by atoms with van der Waals surface area (Å²) in [5.74, 6) is -1.07. The Kier molecular flexibility index (Phi) is 4.96. The second-order valence-corrected chi connectivity index (χ2v) is 8.86. The van der Waals surface area contributed by atoms with Gasteiger partial charge >= 0.3 is 0 Å². The standard InChI is InChI=1S/C21H21N3O4S/c1-11-7-15(12(2)29-11)19(26)22-9-13-3-4-14-10-24(21(28)16(14)8-13)17-5-6-18(25)23-20(17)27/h3-4,7-8,17H,5-6,9-10H2,1-2H3,(H,22,26)(H,23,25,27). The topological polar surface area (TPSA) is 95.6 Å². The molecule has 2 aromatic rings. The summed E-state index contributed by atoms with van der Waals surface area (Å²) in [7, 11) is 0. The van der Waals surface area contributed by atoms with Crippen LogP contribution in [0.4, 0.5) is 0 Å². The molecule has 4 rings (SSSR count). The number of rotatable bonds is 4. The number of carbonyl (C=O) groups excluding carboxylic acids is 4. The molecule has 8 heteroatoms. The molecule has 2 aliphatic rings. The summed E-state index contributed by atoms with van der Waals surface area (Å²) in [5, 5.41) is 5.20. The van der Waals surface area contributed by atoms with Crippen LogP contribution >= 0.6 is 11.3 Å². The lowest BCUT2D eigenvalue weighted by Gasteiger charge is -2.29. The van der Waals surface area contributed by atoms with Gasteiger partial charge < -0.3 is 10.2 Å². The van der Waals surface area contributed by atoms with Crippen LogP contribution in [-0.4, -0.2) is 34.6 Å². The van der Waals surface area contributed by atoms with Crippen LogP contribution in [0.15, 0.2) is 24.3 Å². The first-order valence-corrected chi connectivity index (χ1v) is 10.3. The number of hydrogen-bond acceptors (Lipinski definition) is 5. The first kappa shape index (κ1) is 19.3. The minimum Gasteiger partial charge on any atom is -0.348 e. The van der Waals surface area contributed by atoms with Gasteiger partial charge in [-0.15, -0.1) is 11.3 Å². The molecule has 29 heavy (non-hydrogen) atoms. The highest BCUT2D eigenvalue weighted by Crippen LogP contribution is 2.28. The van der Waals surface area contributed by atoms with Crippen molar-refractivity contribution in [3.8, 4) is 0 Å². The fraction of sp³-hybridized carbons (Fsp3) is 0.333. The van der Waals surface area contributed by atoms with Crippen LogP contribution < -0.4 is 10.6 Å². The zero-order chi connectivity index (χ0) is 20.7. The lowest BCUT2D eigenvalue weighted by atomic mass is 10.0. The number of carbonyl (C=O) groups is 4. The van der Waals surface area contributed by atoms with Gasteiger partial charge in [0.1, 0.15) is 6.04 Å². The van der Waals surface area contributed by atoms with Gasteiger partial charge in [-0.2, -0.15) is 0 Å². The highest BCUT2D eigenvalue weighted by atomic mass is 32.1. The third kappa shape index (κ3) is 3.67. The Labute approximate surface area is 172 Å². The van der Waals surface area contributed by atoms with Crippen molar-refractivity contribution in [3.05, 3.63) is 56.3 Å². The molecule has 7 nitrogen and oxygen atoms in total. The summed E-state index contributed by atoms with van der Waals surface area (Å²) < 4.78 is 0. The summed E-state index contributed by atoms with van der Waals surface area (Å²) in [6.07, 6.45) is 0.571. The van der Waals surface area contributed by atoms with Gasteiger partial charge in [0.05, 0.1) is 5.56 Å². The van der Waals surface area contributed by atoms with E-state index < -0.39 is 11.9 Å². The number of hydrogen-bond donors (Lipinski definition) is 2. The SMILES string of the molecule is Cc1cc(C(=O)NCc2ccc3c(c2)C(=O)N(C2CCC(=O)NC2=O)C3)c(C)s1. The maximum Gasteiger partial charge on any atom is 0.255 e. The predicted molar refractivity (Wildman–Crippen MR) is 107 cm³/mol. The molecule has 1 saturated heterocycles. The molecular formula is C21H21N3O4S. The number of aryl methyl sites for hydroxylation is 2. The maximum atomic E-state index is 12.9. The second kappa shape index (κ2) is 7.44. The molecular weight excluding hydrogens is 390 g/mol. The van der Waals surface area contributed by atoms with Crippen LogP contribution in [-0.2, 0) is 22.7 Å². The van der Waals surface area contributed by atoms with Gasteiger partial charge in [0, 0.05) is 34.8 Å². The molecule has 1 unspecified atom stereocenters. The molecule has 2 N–H and O–H groups in total. The van der Waals surface area contributed by atoms with Crippen molar-refractivity contribution in [2.24, 2.45) is 0 Å². The zero-order valence-corrected chi connectivity index (χ0v) is 17.0. The van der Waals surface area contributed by atoms with E-state index in [1.165, 1.54) is 4.90 Å². The Morgan fingerprint density at radius 2 is 2.03 bits per heavy atom. The summed E-state index contributed by atoms with van der Waals surface area (Å²) in [5.41, 5.74) is 2.89. The van der Waals surface area contributed by atoms with E-state index in [0.29, 0.717) is 30.6 Å². The number of amides is 4. The summed E-state index contributed by atoms with van der Waals surface area (Å²) in [6, 6.07) is 6.77. The van der Waals surface area contributed by atoms with Crippen LogP contribution in [0.3, 0.4) is 0 Å². The minimum absolute atomic E-state index is 0.135. The highest BCUT2D eigenvalue weighted by molar-refractivity contribution is 7.12. The molecule has 0 bridgehead atoms. The minimum atomic E-state index is -0.624. The van der Waals surface area contributed by atoms with E-state index >= 15 is 0 Å². The highest BCUT2D eigenvalue weighted by Gasteiger charge is 2.39. The van der Waals surface area contributed by atoms with Crippen molar-refractivity contribution in [2.45, 2.75) is 45.8 Å². The first-order valence-electron chi connectivity index (χ1n) is 9.45. The van der Waals surface area contributed by atoms with Gasteiger partial charge in [0.2, 0.25) is 11.8 Å². The van der Waals surface area contributed by atoms with Crippen molar-refractivity contribution in [2.75, 3.05) is 0 Å².